The van der Waals surface area contributed by atoms with Gasteiger partial charge in [0.25, 0.3) is 0 Å². The second kappa shape index (κ2) is 8.60. The Kier molecular flexibility index (Phi) is 6.16. The number of hydrogen-bond acceptors (Lipinski definition) is 3. The molecule has 0 atom stereocenters. The molecule has 0 saturated carbocycles. The van der Waals surface area contributed by atoms with E-state index in [1.165, 1.54) is 23.8 Å². The summed E-state index contributed by atoms with van der Waals surface area (Å²) in [6.07, 6.45) is 2.95. The number of aryl methyl sites for hydroxylation is 1. The van der Waals surface area contributed by atoms with Crippen LogP contribution in [0, 0.1) is 17.0 Å². The lowest BCUT2D eigenvalue weighted by Crippen LogP contribution is -2.24. The third kappa shape index (κ3) is 5.53. The van der Waals surface area contributed by atoms with Gasteiger partial charge in [0.15, 0.2) is 0 Å². The molecule has 3 rings (SSSR count). The summed E-state index contributed by atoms with van der Waals surface area (Å²) in [7, 11) is 0. The van der Waals surface area contributed by atoms with Gasteiger partial charge in [-0.3, -0.25) is 4.99 Å². The quantitative estimate of drug-likeness (QED) is 0.667. The van der Waals surface area contributed by atoms with Gasteiger partial charge in [0.05, 0.1) is 6.54 Å². The van der Waals surface area contributed by atoms with Gasteiger partial charge in [-0.25, -0.2) is 8.78 Å². The Labute approximate surface area is 171 Å². The van der Waals surface area contributed by atoms with Crippen LogP contribution in [0.1, 0.15) is 31.9 Å². The van der Waals surface area contributed by atoms with Crippen LogP contribution in [0.15, 0.2) is 71.5 Å². The standard InChI is InChI=1S/C24H27F2N3/c1-16(29-23-14-18(15-27-23)24(2,3)4)28-19-11-8-17(9-12-19)10-13-20-21(25)6-5-7-22(20)26/h5-9,11-12,14,28H,1,10,13,15H2,2-4H3,(H,27,29). The van der Waals surface area contributed by atoms with Gasteiger partial charge < -0.3 is 10.6 Å². The molecule has 0 bridgehead atoms. The van der Waals surface area contributed by atoms with E-state index < -0.39 is 11.6 Å². The smallest absolute Gasteiger partial charge is 0.129 e. The first kappa shape index (κ1) is 20.8. The summed E-state index contributed by atoms with van der Waals surface area (Å²) in [5, 5.41) is 6.39. The normalized spacial score (nSPS) is 13.7. The molecule has 2 aromatic carbocycles. The highest BCUT2D eigenvalue weighted by atomic mass is 19.1. The molecule has 2 N–H and O–H groups in total. The van der Waals surface area contributed by atoms with E-state index in [4.69, 9.17) is 0 Å². The third-order valence-electron chi connectivity index (χ3n) is 4.95. The minimum absolute atomic E-state index is 0.100. The SMILES string of the molecule is C=C(NC1=NCC(C(C)(C)C)=C1)Nc1ccc(CCc2c(F)cccc2F)cc1. The van der Waals surface area contributed by atoms with E-state index in [0.29, 0.717) is 25.2 Å². The number of amidine groups is 1. The van der Waals surface area contributed by atoms with Crippen molar-refractivity contribution in [2.75, 3.05) is 11.9 Å². The summed E-state index contributed by atoms with van der Waals surface area (Å²) in [4.78, 5) is 4.50. The Hall–Kier alpha value is -2.95. The molecule has 0 aliphatic carbocycles. The van der Waals surface area contributed by atoms with Crippen LogP contribution in [-0.4, -0.2) is 12.4 Å². The highest BCUT2D eigenvalue weighted by molar-refractivity contribution is 5.97. The van der Waals surface area contributed by atoms with Gasteiger partial charge in [-0.15, -0.1) is 0 Å². The van der Waals surface area contributed by atoms with Crippen molar-refractivity contribution in [1.29, 1.82) is 0 Å². The molecule has 0 spiro atoms. The molecule has 0 fully saturated rings. The molecular formula is C24H27F2N3. The number of benzene rings is 2. The molecule has 0 saturated heterocycles. The molecule has 2 aromatic rings. The first-order chi connectivity index (χ1) is 13.7. The van der Waals surface area contributed by atoms with Crippen LogP contribution < -0.4 is 10.6 Å². The van der Waals surface area contributed by atoms with E-state index >= 15 is 0 Å². The summed E-state index contributed by atoms with van der Waals surface area (Å²) in [5.41, 5.74) is 3.40. The first-order valence-electron chi connectivity index (χ1n) is 9.72. The zero-order chi connectivity index (χ0) is 21.0. The zero-order valence-electron chi connectivity index (χ0n) is 17.2. The predicted molar refractivity (Wildman–Crippen MR) is 116 cm³/mol. The van der Waals surface area contributed by atoms with Crippen LogP contribution >= 0.6 is 0 Å². The topological polar surface area (TPSA) is 36.4 Å². The number of hydrogen-bond donors (Lipinski definition) is 2. The van der Waals surface area contributed by atoms with Gasteiger partial charge in [-0.2, -0.15) is 0 Å². The molecule has 5 heteroatoms. The Morgan fingerprint density at radius 3 is 2.24 bits per heavy atom. The average Bonchev–Trinajstić information content (AvgIpc) is 3.11. The monoisotopic (exact) mass is 395 g/mol. The molecule has 152 valence electrons. The largest absolute Gasteiger partial charge is 0.342 e. The fourth-order valence-corrected chi connectivity index (χ4v) is 3.11. The van der Waals surface area contributed by atoms with Gasteiger partial charge in [0, 0.05) is 11.3 Å². The highest BCUT2D eigenvalue weighted by Crippen LogP contribution is 2.27. The van der Waals surface area contributed by atoms with Crippen molar-refractivity contribution in [3.63, 3.8) is 0 Å². The van der Waals surface area contributed by atoms with E-state index in [1.54, 1.807) is 0 Å². The van der Waals surface area contributed by atoms with Crippen LogP contribution in [0.3, 0.4) is 0 Å². The molecule has 0 radical (unpaired) electrons. The van der Waals surface area contributed by atoms with E-state index in [0.717, 1.165) is 17.1 Å². The minimum atomic E-state index is -0.496. The van der Waals surface area contributed by atoms with E-state index in [-0.39, 0.29) is 11.0 Å². The van der Waals surface area contributed by atoms with Crippen molar-refractivity contribution >= 4 is 11.5 Å². The summed E-state index contributed by atoms with van der Waals surface area (Å²) in [6.45, 7) is 11.2. The molecule has 0 unspecified atom stereocenters. The van der Waals surface area contributed by atoms with Crippen LogP contribution in [0.2, 0.25) is 0 Å². The number of halogens is 2. The van der Waals surface area contributed by atoms with Crippen molar-refractivity contribution in [1.82, 2.24) is 5.32 Å². The lowest BCUT2D eigenvalue weighted by Gasteiger charge is -2.18. The molecule has 0 aromatic heterocycles. The molecule has 1 aliphatic heterocycles. The summed E-state index contributed by atoms with van der Waals surface area (Å²) >= 11 is 0. The highest BCUT2D eigenvalue weighted by Gasteiger charge is 2.21. The van der Waals surface area contributed by atoms with E-state index in [2.05, 4.69) is 49.1 Å². The molecule has 1 aliphatic rings. The average molecular weight is 395 g/mol. The number of rotatable bonds is 6. The van der Waals surface area contributed by atoms with Crippen LogP contribution in [0.4, 0.5) is 14.5 Å². The Morgan fingerprint density at radius 1 is 1.00 bits per heavy atom. The van der Waals surface area contributed by atoms with Gasteiger partial charge >= 0.3 is 0 Å². The van der Waals surface area contributed by atoms with Crippen LogP contribution in [0.5, 0.6) is 0 Å². The minimum Gasteiger partial charge on any atom is -0.342 e. The maximum atomic E-state index is 13.7. The molecule has 1 heterocycles. The van der Waals surface area contributed by atoms with Crippen molar-refractivity contribution in [2.24, 2.45) is 10.4 Å². The van der Waals surface area contributed by atoms with Crippen LogP contribution in [-0.2, 0) is 12.8 Å². The zero-order valence-corrected chi connectivity index (χ0v) is 17.2. The van der Waals surface area contributed by atoms with Gasteiger partial charge in [-0.05, 0) is 59.7 Å². The summed E-state index contributed by atoms with van der Waals surface area (Å²) in [5.74, 6) is 0.445. The Balaban J connectivity index is 1.53. The lowest BCUT2D eigenvalue weighted by molar-refractivity contribution is 0.499. The number of nitrogens with zero attached hydrogens (tertiary/aromatic N) is 1. The van der Waals surface area contributed by atoms with Crippen molar-refractivity contribution < 1.29 is 8.78 Å². The number of nitrogens with one attached hydrogen (secondary N) is 2. The summed E-state index contributed by atoms with van der Waals surface area (Å²) < 4.78 is 27.5. The van der Waals surface area contributed by atoms with Gasteiger partial charge in [0.1, 0.15) is 23.3 Å². The van der Waals surface area contributed by atoms with Gasteiger partial charge in [-0.1, -0.05) is 45.5 Å². The summed E-state index contributed by atoms with van der Waals surface area (Å²) in [6, 6.07) is 11.7. The maximum Gasteiger partial charge on any atom is 0.129 e. The van der Waals surface area contributed by atoms with Crippen LogP contribution in [0.25, 0.3) is 0 Å². The third-order valence-corrected chi connectivity index (χ3v) is 4.95. The van der Waals surface area contributed by atoms with Crippen molar-refractivity contribution in [2.45, 2.75) is 33.6 Å². The first-order valence-corrected chi connectivity index (χ1v) is 9.72. The fourth-order valence-electron chi connectivity index (χ4n) is 3.11. The Bertz CT molecular complexity index is 931. The molecule has 3 nitrogen and oxygen atoms in total. The maximum absolute atomic E-state index is 13.7. The number of anilines is 1. The van der Waals surface area contributed by atoms with E-state index in [1.807, 2.05) is 24.3 Å². The van der Waals surface area contributed by atoms with Crippen molar-refractivity contribution in [3.05, 3.63) is 89.3 Å². The Morgan fingerprint density at radius 2 is 1.66 bits per heavy atom. The number of aliphatic imine (C=N–C) groups is 1. The second-order valence-electron chi connectivity index (χ2n) is 8.25. The predicted octanol–water partition coefficient (Wildman–Crippen LogP) is 5.61. The van der Waals surface area contributed by atoms with Crippen molar-refractivity contribution in [3.8, 4) is 0 Å². The molecule has 0 amide bonds. The van der Waals surface area contributed by atoms with E-state index in [9.17, 15) is 8.78 Å². The van der Waals surface area contributed by atoms with Gasteiger partial charge in [0.2, 0.25) is 0 Å². The lowest BCUT2D eigenvalue weighted by atomic mass is 9.87. The molecule has 29 heavy (non-hydrogen) atoms. The second-order valence-corrected chi connectivity index (χ2v) is 8.25. The molecular weight excluding hydrogens is 368 g/mol. The fraction of sp³-hybridized carbons (Fsp3) is 0.292.